The summed E-state index contributed by atoms with van der Waals surface area (Å²) in [6.07, 6.45) is 2.43. The van der Waals surface area contributed by atoms with Crippen molar-refractivity contribution in [2.75, 3.05) is 5.75 Å². The van der Waals surface area contributed by atoms with Crippen molar-refractivity contribution in [2.45, 2.75) is 31.1 Å². The van der Waals surface area contributed by atoms with Gasteiger partial charge in [0, 0.05) is 0 Å². The van der Waals surface area contributed by atoms with Crippen molar-refractivity contribution in [3.8, 4) is 0 Å². The lowest BCUT2D eigenvalue weighted by Crippen LogP contribution is -2.05. The number of rotatable bonds is 5. The summed E-state index contributed by atoms with van der Waals surface area (Å²) in [5.41, 5.74) is 1.08. The molecule has 0 radical (unpaired) electrons. The van der Waals surface area contributed by atoms with Gasteiger partial charge in [0.15, 0.2) is 9.84 Å². The standard InChI is InChI=1S/C13H18O2S/c1-4-9-16(14,15)13-8-6-7-12(10-13)11(3)5-2/h4,6-8,10-11H,1,5,9H2,2-3H3. The molecule has 0 aliphatic carbocycles. The normalized spacial score (nSPS) is 13.4. The van der Waals surface area contributed by atoms with Crippen molar-refractivity contribution >= 4 is 9.84 Å². The Bertz CT molecular complexity index is 461. The summed E-state index contributed by atoms with van der Waals surface area (Å²) < 4.78 is 23.6. The zero-order valence-corrected chi connectivity index (χ0v) is 10.6. The summed E-state index contributed by atoms with van der Waals surface area (Å²) in [5.74, 6) is 0.385. The van der Waals surface area contributed by atoms with Crippen molar-refractivity contribution in [3.05, 3.63) is 42.5 Å². The van der Waals surface area contributed by atoms with E-state index < -0.39 is 9.84 Å². The van der Waals surface area contributed by atoms with Crippen LogP contribution in [0.15, 0.2) is 41.8 Å². The molecule has 0 N–H and O–H groups in total. The molecule has 0 saturated carbocycles. The Morgan fingerprint density at radius 3 is 2.69 bits per heavy atom. The van der Waals surface area contributed by atoms with Crippen LogP contribution in [0.3, 0.4) is 0 Å². The number of sulfone groups is 1. The topological polar surface area (TPSA) is 34.1 Å². The molecule has 0 aliphatic rings. The summed E-state index contributed by atoms with van der Waals surface area (Å²) in [6.45, 7) is 7.66. The van der Waals surface area contributed by atoms with E-state index in [0.717, 1.165) is 12.0 Å². The molecule has 0 fully saturated rings. The Labute approximate surface area is 97.9 Å². The van der Waals surface area contributed by atoms with Gasteiger partial charge in [0.25, 0.3) is 0 Å². The Morgan fingerprint density at radius 2 is 2.12 bits per heavy atom. The Kier molecular flexibility index (Phi) is 4.30. The maximum absolute atomic E-state index is 11.8. The third kappa shape index (κ3) is 2.95. The second-order valence-corrected chi connectivity index (χ2v) is 5.99. The van der Waals surface area contributed by atoms with Gasteiger partial charge in [0.05, 0.1) is 10.6 Å². The first-order valence-electron chi connectivity index (χ1n) is 5.45. The molecule has 1 atom stereocenters. The van der Waals surface area contributed by atoms with Gasteiger partial charge in [0.1, 0.15) is 0 Å². The molecule has 2 nitrogen and oxygen atoms in total. The minimum Gasteiger partial charge on any atom is -0.223 e. The molecule has 0 amide bonds. The van der Waals surface area contributed by atoms with E-state index in [9.17, 15) is 8.42 Å². The number of hydrogen-bond donors (Lipinski definition) is 0. The smallest absolute Gasteiger partial charge is 0.181 e. The molecule has 88 valence electrons. The molecule has 0 aliphatic heterocycles. The quantitative estimate of drug-likeness (QED) is 0.738. The average molecular weight is 238 g/mol. The van der Waals surface area contributed by atoms with Crippen molar-refractivity contribution < 1.29 is 8.42 Å². The summed E-state index contributed by atoms with van der Waals surface area (Å²) >= 11 is 0. The van der Waals surface area contributed by atoms with Crippen LogP contribution in [0.4, 0.5) is 0 Å². The van der Waals surface area contributed by atoms with Gasteiger partial charge in [-0.2, -0.15) is 0 Å². The van der Waals surface area contributed by atoms with Crippen LogP contribution in [0.2, 0.25) is 0 Å². The molecule has 0 saturated heterocycles. The maximum Gasteiger partial charge on any atom is 0.181 e. The molecule has 0 aromatic heterocycles. The van der Waals surface area contributed by atoms with Gasteiger partial charge < -0.3 is 0 Å². The number of hydrogen-bond acceptors (Lipinski definition) is 2. The minimum atomic E-state index is -3.19. The predicted molar refractivity (Wildman–Crippen MR) is 67.4 cm³/mol. The van der Waals surface area contributed by atoms with Crippen molar-refractivity contribution in [1.82, 2.24) is 0 Å². The molecule has 1 aromatic carbocycles. The lowest BCUT2D eigenvalue weighted by Gasteiger charge is -2.10. The van der Waals surface area contributed by atoms with Gasteiger partial charge in [-0.05, 0) is 30.0 Å². The predicted octanol–water partition coefficient (Wildman–Crippen LogP) is 3.16. The van der Waals surface area contributed by atoms with E-state index in [1.165, 1.54) is 6.08 Å². The van der Waals surface area contributed by atoms with E-state index in [-0.39, 0.29) is 5.75 Å². The zero-order valence-electron chi connectivity index (χ0n) is 9.81. The van der Waals surface area contributed by atoms with E-state index in [1.54, 1.807) is 18.2 Å². The highest BCUT2D eigenvalue weighted by Crippen LogP contribution is 2.22. The van der Waals surface area contributed by atoms with Crippen molar-refractivity contribution in [2.24, 2.45) is 0 Å². The Morgan fingerprint density at radius 1 is 1.44 bits per heavy atom. The fraction of sp³-hybridized carbons (Fsp3) is 0.385. The fourth-order valence-electron chi connectivity index (χ4n) is 1.50. The first-order chi connectivity index (χ1) is 7.51. The number of benzene rings is 1. The van der Waals surface area contributed by atoms with Crippen LogP contribution in [0.5, 0.6) is 0 Å². The molecule has 1 rings (SSSR count). The highest BCUT2D eigenvalue weighted by Gasteiger charge is 2.13. The highest BCUT2D eigenvalue weighted by molar-refractivity contribution is 7.91. The van der Waals surface area contributed by atoms with Gasteiger partial charge in [-0.1, -0.05) is 32.1 Å². The molecule has 1 unspecified atom stereocenters. The SMILES string of the molecule is C=CCS(=O)(=O)c1cccc(C(C)CC)c1. The van der Waals surface area contributed by atoms with Crippen LogP contribution in [-0.2, 0) is 9.84 Å². The first kappa shape index (κ1) is 13.0. The van der Waals surface area contributed by atoms with Crippen LogP contribution in [-0.4, -0.2) is 14.2 Å². The summed E-state index contributed by atoms with van der Waals surface area (Å²) in [7, 11) is -3.19. The van der Waals surface area contributed by atoms with Crippen LogP contribution in [0.25, 0.3) is 0 Å². The van der Waals surface area contributed by atoms with E-state index in [0.29, 0.717) is 10.8 Å². The van der Waals surface area contributed by atoms with Gasteiger partial charge in [-0.25, -0.2) is 8.42 Å². The van der Waals surface area contributed by atoms with E-state index in [2.05, 4.69) is 20.4 Å². The molecule has 3 heteroatoms. The molecule has 1 aromatic rings. The molecule has 0 bridgehead atoms. The van der Waals surface area contributed by atoms with E-state index in [4.69, 9.17) is 0 Å². The van der Waals surface area contributed by atoms with Crippen LogP contribution >= 0.6 is 0 Å². The van der Waals surface area contributed by atoms with Gasteiger partial charge in [-0.3, -0.25) is 0 Å². The second kappa shape index (κ2) is 5.30. The summed E-state index contributed by atoms with van der Waals surface area (Å²) in [5, 5.41) is 0. The first-order valence-corrected chi connectivity index (χ1v) is 7.10. The van der Waals surface area contributed by atoms with Crippen molar-refractivity contribution in [1.29, 1.82) is 0 Å². The van der Waals surface area contributed by atoms with E-state index >= 15 is 0 Å². The van der Waals surface area contributed by atoms with Crippen LogP contribution < -0.4 is 0 Å². The van der Waals surface area contributed by atoms with Crippen molar-refractivity contribution in [3.63, 3.8) is 0 Å². The third-order valence-corrected chi connectivity index (χ3v) is 4.38. The van der Waals surface area contributed by atoms with Gasteiger partial charge in [-0.15, -0.1) is 6.58 Å². The fourth-order valence-corrected chi connectivity index (χ4v) is 2.61. The van der Waals surface area contributed by atoms with Gasteiger partial charge >= 0.3 is 0 Å². The van der Waals surface area contributed by atoms with Crippen LogP contribution in [0.1, 0.15) is 31.7 Å². The molecule has 0 spiro atoms. The minimum absolute atomic E-state index is 0.00302. The lowest BCUT2D eigenvalue weighted by molar-refractivity contribution is 0.598. The largest absolute Gasteiger partial charge is 0.223 e. The third-order valence-electron chi connectivity index (χ3n) is 2.74. The highest BCUT2D eigenvalue weighted by atomic mass is 32.2. The van der Waals surface area contributed by atoms with Crippen LogP contribution in [0, 0.1) is 0 Å². The lowest BCUT2D eigenvalue weighted by atomic mass is 9.99. The zero-order chi connectivity index (χ0) is 12.2. The monoisotopic (exact) mass is 238 g/mol. The Balaban J connectivity index is 3.12. The average Bonchev–Trinajstić information content (AvgIpc) is 2.28. The van der Waals surface area contributed by atoms with E-state index in [1.807, 2.05) is 6.07 Å². The molecule has 16 heavy (non-hydrogen) atoms. The van der Waals surface area contributed by atoms with Gasteiger partial charge in [0.2, 0.25) is 0 Å². The molecular formula is C13H18O2S. The molecule has 0 heterocycles. The maximum atomic E-state index is 11.8. The second-order valence-electron chi connectivity index (χ2n) is 3.95. The summed E-state index contributed by atoms with van der Waals surface area (Å²) in [6, 6.07) is 7.19. The Hall–Kier alpha value is -1.09. The molecular weight excluding hydrogens is 220 g/mol. The summed E-state index contributed by atoms with van der Waals surface area (Å²) in [4.78, 5) is 0.394.